The summed E-state index contributed by atoms with van der Waals surface area (Å²) in [6, 6.07) is 0. The number of nitrogens with zero attached hydrogens (tertiary/aromatic N) is 1. The van der Waals surface area contributed by atoms with Crippen LogP contribution in [0.5, 0.6) is 0 Å². The minimum absolute atomic E-state index is 0. The highest BCUT2D eigenvalue weighted by Crippen LogP contribution is 2.11. The first kappa shape index (κ1) is 19.0. The van der Waals surface area contributed by atoms with E-state index in [9.17, 15) is 0 Å². The normalized spacial score (nSPS) is 11.2. The molecule has 0 fully saturated rings. The highest BCUT2D eigenvalue weighted by atomic mass is 127. The van der Waals surface area contributed by atoms with Gasteiger partial charge in [-0.3, -0.25) is 0 Å². The lowest BCUT2D eigenvalue weighted by atomic mass is 10.1. The van der Waals surface area contributed by atoms with Crippen LogP contribution in [0.15, 0.2) is 0 Å². The van der Waals surface area contributed by atoms with Gasteiger partial charge >= 0.3 is 0 Å². The summed E-state index contributed by atoms with van der Waals surface area (Å²) in [4.78, 5) is 0. The van der Waals surface area contributed by atoms with Gasteiger partial charge in [-0.25, -0.2) is 0 Å². The predicted octanol–water partition coefficient (Wildman–Crippen LogP) is 1.23. The van der Waals surface area contributed by atoms with Crippen LogP contribution in [0.2, 0.25) is 0 Å². The average Bonchev–Trinajstić information content (AvgIpc) is 2.29. The summed E-state index contributed by atoms with van der Waals surface area (Å²) in [5, 5.41) is 0. The maximum absolute atomic E-state index is 2.34. The van der Waals surface area contributed by atoms with Gasteiger partial charge < -0.3 is 28.5 Å². The molecule has 0 aliphatic carbocycles. The van der Waals surface area contributed by atoms with Gasteiger partial charge in [-0.2, -0.15) is 0 Å². The lowest BCUT2D eigenvalue weighted by Crippen LogP contribution is -3.00. The van der Waals surface area contributed by atoms with Crippen LogP contribution in [0.3, 0.4) is 0 Å². The molecule has 0 radical (unpaired) electrons. The van der Waals surface area contributed by atoms with Crippen molar-refractivity contribution in [3.05, 3.63) is 0 Å². The van der Waals surface area contributed by atoms with Crippen LogP contribution in [0.1, 0.15) is 66.2 Å². The third kappa shape index (κ3) is 7.88. The molecule has 0 aromatic carbocycles. The monoisotopic (exact) mass is 341 g/mol. The molecule has 0 rings (SSSR count). The van der Waals surface area contributed by atoms with Gasteiger partial charge in [-0.15, -0.1) is 0 Å². The number of unbranched alkanes of at least 4 members (excludes halogenated alkanes) is 5. The Labute approximate surface area is 121 Å². The Kier molecular flexibility index (Phi) is 14.5. The lowest BCUT2D eigenvalue weighted by molar-refractivity contribution is -0.923. The first-order chi connectivity index (χ1) is 7.24. The van der Waals surface area contributed by atoms with E-state index in [0.29, 0.717) is 0 Å². The maximum Gasteiger partial charge on any atom is 0.0786 e. The fourth-order valence-corrected chi connectivity index (χ4v) is 2.37. The molecule has 0 atom stereocenters. The maximum atomic E-state index is 2.34. The van der Waals surface area contributed by atoms with Gasteiger partial charge in [0.15, 0.2) is 0 Å². The Morgan fingerprint density at radius 3 is 1.50 bits per heavy atom. The van der Waals surface area contributed by atoms with E-state index in [4.69, 9.17) is 0 Å². The van der Waals surface area contributed by atoms with Crippen molar-refractivity contribution in [1.29, 1.82) is 0 Å². The molecule has 0 spiro atoms. The van der Waals surface area contributed by atoms with Gasteiger partial charge in [0.05, 0.1) is 26.2 Å². The van der Waals surface area contributed by atoms with Crippen LogP contribution in [-0.4, -0.2) is 30.7 Å². The third-order valence-corrected chi connectivity index (χ3v) is 4.00. The van der Waals surface area contributed by atoms with Crippen molar-refractivity contribution in [2.45, 2.75) is 66.2 Å². The fraction of sp³-hybridized carbons (Fsp3) is 1.00. The van der Waals surface area contributed by atoms with Crippen LogP contribution in [-0.2, 0) is 0 Å². The Bertz CT molecular complexity index is 124. The van der Waals surface area contributed by atoms with E-state index in [1.54, 1.807) is 0 Å². The molecule has 2 heteroatoms. The molecule has 1 nitrogen and oxygen atoms in total. The number of hydrogen-bond donors (Lipinski definition) is 0. The van der Waals surface area contributed by atoms with Gasteiger partial charge in [0.25, 0.3) is 0 Å². The van der Waals surface area contributed by atoms with Crippen molar-refractivity contribution in [1.82, 2.24) is 0 Å². The predicted molar refractivity (Wildman–Crippen MR) is 70.1 cm³/mol. The molecule has 0 aliphatic heterocycles. The highest BCUT2D eigenvalue weighted by molar-refractivity contribution is 4.45. The van der Waals surface area contributed by atoms with E-state index >= 15 is 0 Å². The zero-order valence-corrected chi connectivity index (χ0v) is 14.1. The van der Waals surface area contributed by atoms with Crippen molar-refractivity contribution >= 4 is 0 Å². The Morgan fingerprint density at radius 2 is 1.06 bits per heavy atom. The summed E-state index contributed by atoms with van der Waals surface area (Å²) in [5.74, 6) is 0. The molecule has 0 heterocycles. The highest BCUT2D eigenvalue weighted by Gasteiger charge is 2.19. The van der Waals surface area contributed by atoms with Gasteiger partial charge in [0.2, 0.25) is 0 Å². The number of halogens is 1. The smallest absolute Gasteiger partial charge is 0.0786 e. The molecule has 0 saturated heterocycles. The van der Waals surface area contributed by atoms with Crippen LogP contribution in [0.25, 0.3) is 0 Å². The molecule has 0 bridgehead atoms. The number of quaternary nitrogens is 1. The topological polar surface area (TPSA) is 0 Å². The van der Waals surface area contributed by atoms with Crippen LogP contribution in [0, 0.1) is 0 Å². The molecule has 0 aliphatic rings. The molecule has 0 N–H and O–H groups in total. The Morgan fingerprint density at radius 1 is 0.625 bits per heavy atom. The van der Waals surface area contributed by atoms with Gasteiger partial charge in [-0.1, -0.05) is 32.6 Å². The molecule has 0 aromatic heterocycles. The minimum Gasteiger partial charge on any atom is -1.00 e. The number of hydrogen-bond acceptors (Lipinski definition) is 0. The number of rotatable bonds is 10. The van der Waals surface area contributed by atoms with Crippen molar-refractivity contribution < 1.29 is 28.5 Å². The van der Waals surface area contributed by atoms with Crippen molar-refractivity contribution in [2.24, 2.45) is 0 Å². The molecule has 0 saturated carbocycles. The second-order valence-electron chi connectivity index (χ2n) is 4.78. The summed E-state index contributed by atoms with van der Waals surface area (Å²) in [6.07, 6.45) is 8.55. The van der Waals surface area contributed by atoms with E-state index in [0.717, 1.165) is 0 Å². The summed E-state index contributed by atoms with van der Waals surface area (Å²) in [5.41, 5.74) is 0. The second kappa shape index (κ2) is 12.2. The van der Waals surface area contributed by atoms with Crippen LogP contribution in [0.4, 0.5) is 0 Å². The summed E-state index contributed by atoms with van der Waals surface area (Å²) >= 11 is 0. The van der Waals surface area contributed by atoms with E-state index in [1.807, 2.05) is 0 Å². The first-order valence-corrected chi connectivity index (χ1v) is 7.09. The minimum atomic E-state index is 0. The van der Waals surface area contributed by atoms with Gasteiger partial charge in [-0.05, 0) is 33.6 Å². The molecule has 0 unspecified atom stereocenters. The van der Waals surface area contributed by atoms with Gasteiger partial charge in [0.1, 0.15) is 0 Å². The van der Waals surface area contributed by atoms with Gasteiger partial charge in [0, 0.05) is 0 Å². The summed E-state index contributed by atoms with van der Waals surface area (Å²) in [7, 11) is 0. The summed E-state index contributed by atoms with van der Waals surface area (Å²) < 4.78 is 1.33. The molecular weight excluding hydrogens is 309 g/mol. The average molecular weight is 341 g/mol. The van der Waals surface area contributed by atoms with Crippen LogP contribution < -0.4 is 24.0 Å². The Balaban J connectivity index is 0. The van der Waals surface area contributed by atoms with Crippen LogP contribution >= 0.6 is 0 Å². The second-order valence-corrected chi connectivity index (χ2v) is 4.78. The zero-order chi connectivity index (χ0) is 11.6. The van der Waals surface area contributed by atoms with Crippen molar-refractivity contribution in [2.75, 3.05) is 26.2 Å². The molecule has 100 valence electrons. The molecule has 0 amide bonds. The van der Waals surface area contributed by atoms with Crippen molar-refractivity contribution in [3.63, 3.8) is 0 Å². The Hall–Kier alpha value is 0.690. The summed E-state index contributed by atoms with van der Waals surface area (Å²) in [6.45, 7) is 14.6. The van der Waals surface area contributed by atoms with E-state index in [-0.39, 0.29) is 24.0 Å². The van der Waals surface area contributed by atoms with E-state index in [1.165, 1.54) is 69.2 Å². The van der Waals surface area contributed by atoms with E-state index in [2.05, 4.69) is 27.7 Å². The molecule has 16 heavy (non-hydrogen) atoms. The SMILES string of the molecule is CCCCCCCC[N+](CC)(CC)CC.[I-]. The first-order valence-electron chi connectivity index (χ1n) is 7.09. The van der Waals surface area contributed by atoms with E-state index < -0.39 is 0 Å². The standard InChI is InChI=1S/C14H32N.HI/c1-5-9-10-11-12-13-14-15(6-2,7-3)8-4;/h5-14H2,1-4H3;1H/q+1;/p-1. The fourth-order valence-electron chi connectivity index (χ4n) is 2.37. The third-order valence-electron chi connectivity index (χ3n) is 4.00. The molecule has 0 aromatic rings. The largest absolute Gasteiger partial charge is 1.00 e. The quantitative estimate of drug-likeness (QED) is 0.319. The zero-order valence-electron chi connectivity index (χ0n) is 11.9. The lowest BCUT2D eigenvalue weighted by Gasteiger charge is -2.35. The van der Waals surface area contributed by atoms with Crippen molar-refractivity contribution in [3.8, 4) is 0 Å². The molecular formula is C14H32IN.